The maximum atomic E-state index is 11.1. The molecule has 4 heteroatoms. The first-order chi connectivity index (χ1) is 5.65. The number of carbonyl (C=O) groups is 1. The molecule has 2 nitrogen and oxygen atoms in total. The van der Waals surface area contributed by atoms with E-state index >= 15 is 0 Å². The summed E-state index contributed by atoms with van der Waals surface area (Å²) in [4.78, 5) is 11.1. The highest BCUT2D eigenvalue weighted by atomic mass is 35.5. The number of Topliss-reactive ketones (excluding diaryl/α,β-unsaturated/α-hetero) is 1. The molecule has 0 aliphatic carbocycles. The highest BCUT2D eigenvalue weighted by molar-refractivity contribution is 6.42. The van der Waals surface area contributed by atoms with Gasteiger partial charge in [-0.15, -0.1) is 0 Å². The summed E-state index contributed by atoms with van der Waals surface area (Å²) < 4.78 is 0. The van der Waals surface area contributed by atoms with Crippen LogP contribution in [0.25, 0.3) is 0 Å². The van der Waals surface area contributed by atoms with Crippen LogP contribution in [0.5, 0.6) is 0 Å². The molecule has 0 aliphatic rings. The maximum absolute atomic E-state index is 11.1. The number of ketones is 1. The molecule has 64 valence electrons. The molecular weight excluding hydrogens is 197 g/mol. The summed E-state index contributed by atoms with van der Waals surface area (Å²) in [5.74, 6) is -0.0337. The first kappa shape index (κ1) is 9.52. The van der Waals surface area contributed by atoms with Crippen molar-refractivity contribution in [3.8, 4) is 0 Å². The van der Waals surface area contributed by atoms with E-state index in [0.717, 1.165) is 0 Å². The van der Waals surface area contributed by atoms with Crippen molar-refractivity contribution in [3.05, 3.63) is 33.8 Å². The predicted molar refractivity (Wildman–Crippen MR) is 48.5 cm³/mol. The monoisotopic (exact) mass is 204 g/mol. The minimum Gasteiger partial charge on any atom is -0.351 e. The van der Waals surface area contributed by atoms with Gasteiger partial charge in [0.15, 0.2) is 0 Å². The van der Waals surface area contributed by atoms with E-state index in [4.69, 9.17) is 23.2 Å². The van der Waals surface area contributed by atoms with Gasteiger partial charge in [0, 0.05) is 5.56 Å². The van der Waals surface area contributed by atoms with Crippen LogP contribution < -0.4 is 5.73 Å². The van der Waals surface area contributed by atoms with Crippen LogP contribution in [0.15, 0.2) is 18.2 Å². The number of rotatable bonds is 2. The largest absolute Gasteiger partial charge is 0.351 e. The van der Waals surface area contributed by atoms with Crippen molar-refractivity contribution in [1.82, 2.24) is 0 Å². The first-order valence-corrected chi connectivity index (χ1v) is 4.18. The number of quaternary nitrogens is 1. The number of benzene rings is 1. The summed E-state index contributed by atoms with van der Waals surface area (Å²) in [5, 5.41) is 0.855. The van der Waals surface area contributed by atoms with E-state index in [1.807, 2.05) is 0 Å². The fraction of sp³-hybridized carbons (Fsp3) is 0.125. The predicted octanol–water partition coefficient (Wildman–Crippen LogP) is 1.42. The zero-order valence-electron chi connectivity index (χ0n) is 6.31. The molecule has 0 saturated heterocycles. The zero-order valence-corrected chi connectivity index (χ0v) is 7.82. The molecule has 0 radical (unpaired) electrons. The van der Waals surface area contributed by atoms with Crippen molar-refractivity contribution >= 4 is 29.0 Å². The van der Waals surface area contributed by atoms with Crippen LogP contribution in [0.3, 0.4) is 0 Å². The van der Waals surface area contributed by atoms with Gasteiger partial charge in [-0.3, -0.25) is 4.79 Å². The van der Waals surface area contributed by atoms with Gasteiger partial charge in [0.05, 0.1) is 10.0 Å². The Morgan fingerprint density at radius 2 is 2.00 bits per heavy atom. The van der Waals surface area contributed by atoms with Gasteiger partial charge in [0.1, 0.15) is 6.54 Å². The number of hydrogen-bond acceptors (Lipinski definition) is 1. The highest BCUT2D eigenvalue weighted by Crippen LogP contribution is 2.22. The van der Waals surface area contributed by atoms with E-state index < -0.39 is 0 Å². The van der Waals surface area contributed by atoms with Gasteiger partial charge in [-0.1, -0.05) is 23.2 Å². The van der Waals surface area contributed by atoms with Gasteiger partial charge in [-0.25, -0.2) is 0 Å². The summed E-state index contributed by atoms with van der Waals surface area (Å²) in [6.07, 6.45) is 0. The van der Waals surface area contributed by atoms with Crippen LogP contribution >= 0.6 is 23.2 Å². The Morgan fingerprint density at radius 3 is 2.50 bits per heavy atom. The van der Waals surface area contributed by atoms with E-state index in [1.165, 1.54) is 0 Å². The SMILES string of the molecule is [NH3+]CC(=O)c1ccc(Cl)c(Cl)c1. The minimum absolute atomic E-state index is 0.0337. The summed E-state index contributed by atoms with van der Waals surface area (Å²) in [5.41, 5.74) is 4.04. The second kappa shape index (κ2) is 3.90. The zero-order chi connectivity index (χ0) is 9.14. The third kappa shape index (κ3) is 1.97. The lowest BCUT2D eigenvalue weighted by Crippen LogP contribution is -2.54. The Kier molecular flexibility index (Phi) is 3.09. The maximum Gasteiger partial charge on any atom is 0.216 e. The molecular formula is C8H8Cl2NO+. The van der Waals surface area contributed by atoms with E-state index in [9.17, 15) is 4.79 Å². The summed E-state index contributed by atoms with van der Waals surface area (Å²) >= 11 is 11.4. The molecule has 0 saturated carbocycles. The fourth-order valence-corrected chi connectivity index (χ4v) is 1.11. The van der Waals surface area contributed by atoms with Crippen LogP contribution in [0.2, 0.25) is 10.0 Å². The molecule has 12 heavy (non-hydrogen) atoms. The van der Waals surface area contributed by atoms with E-state index in [0.29, 0.717) is 15.6 Å². The standard InChI is InChI=1S/C8H7Cl2NO/c9-6-2-1-5(3-7(6)10)8(12)4-11/h1-3H,4,11H2/p+1. The smallest absolute Gasteiger partial charge is 0.216 e. The second-order valence-electron chi connectivity index (χ2n) is 2.30. The molecule has 0 bridgehead atoms. The molecule has 0 spiro atoms. The average molecular weight is 205 g/mol. The Hall–Kier alpha value is -0.570. The topological polar surface area (TPSA) is 44.7 Å². The quantitative estimate of drug-likeness (QED) is 0.729. The molecule has 3 N–H and O–H groups in total. The van der Waals surface area contributed by atoms with Gasteiger partial charge in [0.25, 0.3) is 0 Å². The molecule has 1 rings (SSSR count). The van der Waals surface area contributed by atoms with Crippen LogP contribution in [0, 0.1) is 0 Å². The molecule has 0 fully saturated rings. The van der Waals surface area contributed by atoms with Crippen molar-refractivity contribution in [2.45, 2.75) is 0 Å². The highest BCUT2D eigenvalue weighted by Gasteiger charge is 2.06. The fourth-order valence-electron chi connectivity index (χ4n) is 0.814. The summed E-state index contributed by atoms with van der Waals surface area (Å²) in [6, 6.07) is 4.80. The average Bonchev–Trinajstić information content (AvgIpc) is 2.08. The Bertz CT molecular complexity index is 312. The molecule has 0 amide bonds. The van der Waals surface area contributed by atoms with Crippen LogP contribution in [-0.4, -0.2) is 12.3 Å². The molecule has 1 aromatic carbocycles. The lowest BCUT2D eigenvalue weighted by Gasteiger charge is -1.98. The van der Waals surface area contributed by atoms with Crippen molar-refractivity contribution in [1.29, 1.82) is 0 Å². The second-order valence-corrected chi connectivity index (χ2v) is 3.12. The van der Waals surface area contributed by atoms with Gasteiger partial charge in [-0.05, 0) is 18.2 Å². The number of carbonyl (C=O) groups excluding carboxylic acids is 1. The Balaban J connectivity index is 3.05. The van der Waals surface area contributed by atoms with Gasteiger partial charge in [0.2, 0.25) is 5.78 Å². The third-order valence-electron chi connectivity index (χ3n) is 1.47. The molecule has 0 aliphatic heterocycles. The van der Waals surface area contributed by atoms with Crippen LogP contribution in [0.1, 0.15) is 10.4 Å². The number of halogens is 2. The summed E-state index contributed by atoms with van der Waals surface area (Å²) in [7, 11) is 0. The Morgan fingerprint density at radius 1 is 1.33 bits per heavy atom. The minimum atomic E-state index is -0.0337. The van der Waals surface area contributed by atoms with Crippen molar-refractivity contribution < 1.29 is 10.5 Å². The van der Waals surface area contributed by atoms with Gasteiger partial charge in [-0.2, -0.15) is 0 Å². The van der Waals surface area contributed by atoms with E-state index in [-0.39, 0.29) is 12.3 Å². The van der Waals surface area contributed by atoms with Crippen molar-refractivity contribution in [3.63, 3.8) is 0 Å². The lowest BCUT2D eigenvalue weighted by atomic mass is 10.1. The number of hydrogen-bond donors (Lipinski definition) is 1. The van der Waals surface area contributed by atoms with E-state index in [2.05, 4.69) is 5.73 Å². The van der Waals surface area contributed by atoms with Crippen LogP contribution in [-0.2, 0) is 0 Å². The molecule has 0 aromatic heterocycles. The summed E-state index contributed by atoms with van der Waals surface area (Å²) in [6.45, 7) is 0.234. The molecule has 0 heterocycles. The normalized spacial score (nSPS) is 9.92. The third-order valence-corrected chi connectivity index (χ3v) is 2.21. The van der Waals surface area contributed by atoms with Crippen molar-refractivity contribution in [2.75, 3.05) is 6.54 Å². The molecule has 0 atom stereocenters. The Labute approximate surface area is 80.3 Å². The molecule has 0 unspecified atom stereocenters. The van der Waals surface area contributed by atoms with Crippen molar-refractivity contribution in [2.24, 2.45) is 0 Å². The van der Waals surface area contributed by atoms with Gasteiger partial charge >= 0.3 is 0 Å². The van der Waals surface area contributed by atoms with E-state index in [1.54, 1.807) is 18.2 Å². The molecule has 1 aromatic rings. The lowest BCUT2D eigenvalue weighted by molar-refractivity contribution is -0.349. The van der Waals surface area contributed by atoms with Gasteiger partial charge < -0.3 is 5.73 Å². The first-order valence-electron chi connectivity index (χ1n) is 3.42. The van der Waals surface area contributed by atoms with Crippen LogP contribution in [0.4, 0.5) is 0 Å².